The van der Waals surface area contributed by atoms with Crippen molar-refractivity contribution in [1.82, 2.24) is 29.5 Å². The van der Waals surface area contributed by atoms with Crippen LogP contribution < -0.4 is 5.73 Å². The van der Waals surface area contributed by atoms with E-state index in [1.165, 1.54) is 0 Å². The monoisotopic (exact) mass is 447 g/mol. The topological polar surface area (TPSA) is 133 Å². The Bertz CT molecular complexity index is 1250. The van der Waals surface area contributed by atoms with E-state index in [4.69, 9.17) is 10.3 Å². The van der Waals surface area contributed by atoms with E-state index in [2.05, 4.69) is 35.6 Å². The molecule has 3 N–H and O–H groups in total. The van der Waals surface area contributed by atoms with Crippen LogP contribution in [-0.2, 0) is 22.4 Å². The molecule has 0 aliphatic heterocycles. The minimum atomic E-state index is -1.91. The highest BCUT2D eigenvalue weighted by atomic mass is 32.2. The number of nitrogens with two attached hydrogens (primary N) is 1. The highest BCUT2D eigenvalue weighted by Gasteiger charge is 2.40. The molecule has 0 amide bonds. The Hall–Kier alpha value is -3.50. The van der Waals surface area contributed by atoms with Gasteiger partial charge in [-0.2, -0.15) is 0 Å². The van der Waals surface area contributed by atoms with Crippen LogP contribution in [0.5, 0.6) is 0 Å². The average molecular weight is 448 g/mol. The average Bonchev–Trinajstić information content (AvgIpc) is 3.24. The Morgan fingerprint density at radius 1 is 0.938 bits per heavy atom. The molecular formula is C22H21N7O2S. The van der Waals surface area contributed by atoms with Gasteiger partial charge in [-0.05, 0) is 43.0 Å². The zero-order valence-corrected chi connectivity index (χ0v) is 17.9. The van der Waals surface area contributed by atoms with E-state index < -0.39 is 11.1 Å². The summed E-state index contributed by atoms with van der Waals surface area (Å²) in [6.45, 7) is 0. The number of nitrogen functional groups attached to an aromatic ring is 1. The minimum Gasteiger partial charge on any atom is -0.368 e. The molecular weight excluding hydrogens is 426 g/mol. The van der Waals surface area contributed by atoms with Crippen molar-refractivity contribution in [1.29, 1.82) is 0 Å². The molecule has 10 heteroatoms. The van der Waals surface area contributed by atoms with Gasteiger partial charge in [0.15, 0.2) is 11.1 Å². The van der Waals surface area contributed by atoms with Crippen molar-refractivity contribution < 1.29 is 8.76 Å². The zero-order chi connectivity index (χ0) is 22.1. The summed E-state index contributed by atoms with van der Waals surface area (Å²) in [5.74, 6) is 0.256. The molecule has 0 bridgehead atoms. The summed E-state index contributed by atoms with van der Waals surface area (Å²) in [4.78, 5) is 21.6. The third-order valence-electron chi connectivity index (χ3n) is 5.92. The maximum atomic E-state index is 11.0. The van der Waals surface area contributed by atoms with E-state index in [-0.39, 0.29) is 17.2 Å². The highest BCUT2D eigenvalue weighted by molar-refractivity contribution is 7.78. The molecule has 1 aliphatic carbocycles. The fourth-order valence-electron chi connectivity index (χ4n) is 4.01. The number of anilines is 1. The molecule has 162 valence electrons. The maximum Gasteiger partial charge on any atom is 0.219 e. The number of imidazole rings is 1. The second kappa shape index (κ2) is 8.21. The predicted octanol–water partition coefficient (Wildman–Crippen LogP) is 3.03. The molecule has 1 fully saturated rings. The van der Waals surface area contributed by atoms with E-state index in [0.29, 0.717) is 5.69 Å². The summed E-state index contributed by atoms with van der Waals surface area (Å²) in [6.07, 6.45) is 14.0. The number of hydrogen-bond donors (Lipinski definition) is 2. The molecule has 5 rings (SSSR count). The lowest BCUT2D eigenvalue weighted by Crippen LogP contribution is -2.41. The third-order valence-corrected chi connectivity index (χ3v) is 6.46. The van der Waals surface area contributed by atoms with Gasteiger partial charge in [0.25, 0.3) is 0 Å². The minimum absolute atomic E-state index is 0.0172. The molecule has 0 saturated heterocycles. The highest BCUT2D eigenvalue weighted by Crippen LogP contribution is 2.45. The van der Waals surface area contributed by atoms with E-state index in [0.717, 1.165) is 47.3 Å². The smallest absolute Gasteiger partial charge is 0.219 e. The van der Waals surface area contributed by atoms with Gasteiger partial charge < -0.3 is 14.9 Å². The van der Waals surface area contributed by atoms with Gasteiger partial charge in [0.2, 0.25) is 5.95 Å². The van der Waals surface area contributed by atoms with Crippen LogP contribution in [0.2, 0.25) is 0 Å². The Morgan fingerprint density at radius 3 is 2.31 bits per heavy atom. The summed E-state index contributed by atoms with van der Waals surface area (Å²) in [7, 11) is 0. The molecule has 1 atom stereocenters. The van der Waals surface area contributed by atoms with E-state index in [1.807, 2.05) is 30.9 Å². The first kappa shape index (κ1) is 20.4. The summed E-state index contributed by atoms with van der Waals surface area (Å²) in [5, 5.41) is 0. The molecule has 4 heterocycles. The molecule has 1 saturated carbocycles. The summed E-state index contributed by atoms with van der Waals surface area (Å²) in [6, 6.07) is 7.71. The zero-order valence-electron chi connectivity index (χ0n) is 17.1. The van der Waals surface area contributed by atoms with Crippen molar-refractivity contribution in [2.45, 2.75) is 30.6 Å². The van der Waals surface area contributed by atoms with Gasteiger partial charge in [-0.3, -0.25) is 9.97 Å². The molecule has 4 aromatic heterocycles. The van der Waals surface area contributed by atoms with Gasteiger partial charge >= 0.3 is 0 Å². The van der Waals surface area contributed by atoms with Crippen LogP contribution in [0.25, 0.3) is 22.5 Å². The Balaban J connectivity index is 1.40. The van der Waals surface area contributed by atoms with Crippen molar-refractivity contribution in [3.05, 3.63) is 72.8 Å². The van der Waals surface area contributed by atoms with Crippen LogP contribution in [0.15, 0.2) is 61.6 Å². The Labute approximate surface area is 187 Å². The van der Waals surface area contributed by atoms with Crippen molar-refractivity contribution in [2.24, 2.45) is 0 Å². The second-order valence-electron chi connectivity index (χ2n) is 7.82. The lowest BCUT2D eigenvalue weighted by atomic mass is 9.72. The van der Waals surface area contributed by atoms with Crippen molar-refractivity contribution in [2.75, 3.05) is 5.73 Å². The van der Waals surface area contributed by atoms with E-state index >= 15 is 0 Å². The number of rotatable bonds is 6. The van der Waals surface area contributed by atoms with Crippen LogP contribution in [0.4, 0.5) is 5.95 Å². The van der Waals surface area contributed by atoms with Gasteiger partial charge in [0, 0.05) is 42.1 Å². The molecule has 0 aromatic carbocycles. The molecule has 32 heavy (non-hydrogen) atoms. The lowest BCUT2D eigenvalue weighted by molar-refractivity contribution is 0.196. The first-order chi connectivity index (χ1) is 15.5. The summed E-state index contributed by atoms with van der Waals surface area (Å²) in [5.41, 5.74) is 10.4. The SMILES string of the molecule is Nc1ncc(-c2ccc(C3(n4cnc(-c5ccc(CS(=O)O)nc5)c4)CCC3)cn2)cn1. The fraction of sp³-hybridized carbons (Fsp3) is 0.227. The van der Waals surface area contributed by atoms with Gasteiger partial charge in [-0.15, -0.1) is 0 Å². The first-order valence-corrected chi connectivity index (χ1v) is 11.4. The van der Waals surface area contributed by atoms with Crippen LogP contribution in [-0.4, -0.2) is 38.2 Å². The lowest BCUT2D eigenvalue weighted by Gasteiger charge is -2.43. The molecule has 0 radical (unpaired) electrons. The quantitative estimate of drug-likeness (QED) is 0.431. The molecule has 1 unspecified atom stereocenters. The molecule has 4 aromatic rings. The number of aromatic nitrogens is 6. The number of hydrogen-bond acceptors (Lipinski definition) is 7. The van der Waals surface area contributed by atoms with Gasteiger partial charge in [-0.1, -0.05) is 6.07 Å². The summed E-state index contributed by atoms with van der Waals surface area (Å²) < 4.78 is 22.1. The van der Waals surface area contributed by atoms with Crippen LogP contribution in [0.1, 0.15) is 30.5 Å². The Morgan fingerprint density at radius 2 is 1.72 bits per heavy atom. The van der Waals surface area contributed by atoms with Crippen LogP contribution in [0.3, 0.4) is 0 Å². The standard InChI is InChI=1S/C22H21N7O2S/c23-21-26-9-16(10-27-21)19-5-3-17(11-25-19)22(6-1-7-22)29-12-20(28-14-29)15-2-4-18(24-8-15)13-32(30)31/h2-5,8-12,14H,1,6-7,13H2,(H,30,31)(H2,23,26,27). The largest absolute Gasteiger partial charge is 0.368 e. The summed E-state index contributed by atoms with van der Waals surface area (Å²) >= 11 is -1.91. The number of pyridine rings is 2. The van der Waals surface area contributed by atoms with E-state index in [1.54, 1.807) is 24.7 Å². The van der Waals surface area contributed by atoms with Crippen LogP contribution >= 0.6 is 0 Å². The van der Waals surface area contributed by atoms with Gasteiger partial charge in [0.05, 0.1) is 34.7 Å². The predicted molar refractivity (Wildman–Crippen MR) is 121 cm³/mol. The van der Waals surface area contributed by atoms with Crippen molar-refractivity contribution in [3.8, 4) is 22.5 Å². The second-order valence-corrected chi connectivity index (χ2v) is 8.75. The molecule has 0 spiro atoms. The first-order valence-electron chi connectivity index (χ1n) is 10.2. The molecule has 9 nitrogen and oxygen atoms in total. The van der Waals surface area contributed by atoms with Crippen molar-refractivity contribution >= 4 is 17.0 Å². The van der Waals surface area contributed by atoms with E-state index in [9.17, 15) is 4.21 Å². The number of nitrogens with zero attached hydrogens (tertiary/aromatic N) is 6. The molecule has 1 aliphatic rings. The fourth-order valence-corrected chi connectivity index (χ4v) is 4.44. The van der Waals surface area contributed by atoms with Crippen molar-refractivity contribution in [3.63, 3.8) is 0 Å². The Kier molecular flexibility index (Phi) is 5.24. The van der Waals surface area contributed by atoms with Crippen LogP contribution in [0, 0.1) is 0 Å². The van der Waals surface area contributed by atoms with Gasteiger partial charge in [0.1, 0.15) is 0 Å². The normalized spacial score (nSPS) is 15.8. The van der Waals surface area contributed by atoms with Gasteiger partial charge in [-0.25, -0.2) is 19.2 Å². The maximum absolute atomic E-state index is 11.0. The third kappa shape index (κ3) is 3.78.